The first kappa shape index (κ1) is 17.4. The maximum atomic E-state index is 12.7. The van der Waals surface area contributed by atoms with Gasteiger partial charge >= 0.3 is 0 Å². The van der Waals surface area contributed by atoms with Crippen molar-refractivity contribution in [2.24, 2.45) is 11.8 Å². The van der Waals surface area contributed by atoms with E-state index in [-0.39, 0.29) is 24.2 Å². The van der Waals surface area contributed by atoms with Crippen molar-refractivity contribution in [2.45, 2.75) is 66.7 Å². The molecule has 4 nitrogen and oxygen atoms in total. The van der Waals surface area contributed by atoms with Crippen LogP contribution in [0, 0.1) is 11.8 Å². The average Bonchev–Trinajstić information content (AvgIpc) is 2.73. The van der Waals surface area contributed by atoms with Crippen molar-refractivity contribution >= 4 is 5.91 Å². The van der Waals surface area contributed by atoms with Gasteiger partial charge in [0, 0.05) is 12.6 Å². The fourth-order valence-electron chi connectivity index (χ4n) is 3.06. The SMILES string of the molecule is CCN(CC)CC(C)N1C(=O)C(C(C)C)NC1C(C)C. The van der Waals surface area contributed by atoms with Crippen molar-refractivity contribution in [3.8, 4) is 0 Å². The molecule has 0 aromatic heterocycles. The zero-order valence-corrected chi connectivity index (χ0v) is 14.3. The standard InChI is InChI=1S/C16H33N3O/c1-8-18(9-2)10-13(7)19-15(12(5)6)17-14(11(3)4)16(19)20/h11-15,17H,8-10H2,1-7H3. The van der Waals surface area contributed by atoms with Crippen LogP contribution in [0.5, 0.6) is 0 Å². The van der Waals surface area contributed by atoms with E-state index in [2.05, 4.69) is 63.6 Å². The first-order chi connectivity index (χ1) is 9.33. The van der Waals surface area contributed by atoms with Gasteiger partial charge < -0.3 is 9.80 Å². The summed E-state index contributed by atoms with van der Waals surface area (Å²) in [6, 6.07) is 0.229. The maximum absolute atomic E-state index is 12.7. The van der Waals surface area contributed by atoms with E-state index in [4.69, 9.17) is 0 Å². The lowest BCUT2D eigenvalue weighted by molar-refractivity contribution is -0.133. The summed E-state index contributed by atoms with van der Waals surface area (Å²) < 4.78 is 0. The first-order valence-electron chi connectivity index (χ1n) is 8.13. The molecule has 0 aromatic rings. The zero-order valence-electron chi connectivity index (χ0n) is 14.3. The van der Waals surface area contributed by atoms with Gasteiger partial charge in [-0.05, 0) is 31.8 Å². The Morgan fingerprint density at radius 3 is 2.05 bits per heavy atom. The Hall–Kier alpha value is -0.610. The molecule has 118 valence electrons. The second kappa shape index (κ2) is 7.41. The van der Waals surface area contributed by atoms with E-state index >= 15 is 0 Å². The number of amides is 1. The molecule has 3 atom stereocenters. The van der Waals surface area contributed by atoms with Crippen molar-refractivity contribution in [2.75, 3.05) is 19.6 Å². The van der Waals surface area contributed by atoms with Gasteiger partial charge in [0.2, 0.25) is 5.91 Å². The van der Waals surface area contributed by atoms with Crippen LogP contribution in [0.3, 0.4) is 0 Å². The lowest BCUT2D eigenvalue weighted by Gasteiger charge is -2.35. The van der Waals surface area contributed by atoms with Gasteiger partial charge in [0.1, 0.15) is 0 Å². The summed E-state index contributed by atoms with van der Waals surface area (Å²) in [6.45, 7) is 18.2. The van der Waals surface area contributed by atoms with Crippen LogP contribution in [0.2, 0.25) is 0 Å². The monoisotopic (exact) mass is 283 g/mol. The summed E-state index contributed by atoms with van der Waals surface area (Å²) in [5.74, 6) is 1.05. The second-order valence-electron chi connectivity index (χ2n) is 6.66. The van der Waals surface area contributed by atoms with E-state index in [1.165, 1.54) is 0 Å². The van der Waals surface area contributed by atoms with Gasteiger partial charge in [-0.3, -0.25) is 10.1 Å². The van der Waals surface area contributed by atoms with Gasteiger partial charge in [0.25, 0.3) is 0 Å². The Bertz CT molecular complexity index is 313. The predicted octanol–water partition coefficient (Wildman–Crippen LogP) is 2.16. The molecular formula is C16H33N3O. The number of hydrogen-bond donors (Lipinski definition) is 1. The largest absolute Gasteiger partial charge is 0.322 e. The third-order valence-corrected chi connectivity index (χ3v) is 4.36. The summed E-state index contributed by atoms with van der Waals surface area (Å²) in [7, 11) is 0. The summed E-state index contributed by atoms with van der Waals surface area (Å²) in [4.78, 5) is 17.2. The molecule has 0 radical (unpaired) electrons. The highest BCUT2D eigenvalue weighted by molar-refractivity contribution is 5.85. The molecule has 4 heteroatoms. The molecule has 0 saturated carbocycles. The van der Waals surface area contributed by atoms with Crippen molar-refractivity contribution < 1.29 is 4.79 Å². The molecule has 0 aliphatic carbocycles. The molecule has 3 unspecified atom stereocenters. The molecule has 1 N–H and O–H groups in total. The normalized spacial score (nSPS) is 25.3. The number of rotatable bonds is 7. The number of carbonyl (C=O) groups is 1. The van der Waals surface area contributed by atoms with Crippen LogP contribution in [-0.2, 0) is 4.79 Å². The Kier molecular flexibility index (Phi) is 6.46. The van der Waals surface area contributed by atoms with Crippen LogP contribution >= 0.6 is 0 Å². The highest BCUT2D eigenvalue weighted by atomic mass is 16.2. The summed E-state index contributed by atoms with van der Waals surface area (Å²) >= 11 is 0. The van der Waals surface area contributed by atoms with E-state index in [0.29, 0.717) is 11.8 Å². The first-order valence-corrected chi connectivity index (χ1v) is 8.13. The fourth-order valence-corrected chi connectivity index (χ4v) is 3.06. The lowest BCUT2D eigenvalue weighted by Crippen LogP contribution is -2.50. The molecular weight excluding hydrogens is 250 g/mol. The number of nitrogens with one attached hydrogen (secondary N) is 1. The number of carbonyl (C=O) groups excluding carboxylic acids is 1. The topological polar surface area (TPSA) is 35.6 Å². The molecule has 1 rings (SSSR count). The quantitative estimate of drug-likeness (QED) is 0.778. The van der Waals surface area contributed by atoms with E-state index in [1.54, 1.807) is 0 Å². The van der Waals surface area contributed by atoms with Gasteiger partial charge in [-0.15, -0.1) is 0 Å². The minimum atomic E-state index is -0.0263. The highest BCUT2D eigenvalue weighted by Crippen LogP contribution is 2.24. The molecule has 1 heterocycles. The van der Waals surface area contributed by atoms with Crippen LogP contribution in [0.4, 0.5) is 0 Å². The summed E-state index contributed by atoms with van der Waals surface area (Å²) in [5, 5.41) is 3.54. The molecule has 0 aromatic carbocycles. The minimum Gasteiger partial charge on any atom is -0.322 e. The van der Waals surface area contributed by atoms with Crippen LogP contribution in [0.15, 0.2) is 0 Å². The minimum absolute atomic E-state index is 0.0263. The van der Waals surface area contributed by atoms with Crippen LogP contribution in [-0.4, -0.2) is 53.6 Å². The van der Waals surface area contributed by atoms with Gasteiger partial charge in [0.05, 0.1) is 12.2 Å². The van der Waals surface area contributed by atoms with E-state index in [1.807, 2.05) is 0 Å². The van der Waals surface area contributed by atoms with Crippen molar-refractivity contribution in [1.82, 2.24) is 15.1 Å². The van der Waals surface area contributed by atoms with Crippen LogP contribution in [0.1, 0.15) is 48.5 Å². The van der Waals surface area contributed by atoms with Gasteiger partial charge in [-0.2, -0.15) is 0 Å². The molecule has 1 saturated heterocycles. The predicted molar refractivity (Wildman–Crippen MR) is 84.5 cm³/mol. The Labute approximate surface area is 124 Å². The zero-order chi connectivity index (χ0) is 15.4. The maximum Gasteiger partial charge on any atom is 0.241 e. The van der Waals surface area contributed by atoms with Crippen molar-refractivity contribution in [3.05, 3.63) is 0 Å². The van der Waals surface area contributed by atoms with Gasteiger partial charge in [-0.25, -0.2) is 0 Å². The van der Waals surface area contributed by atoms with Crippen molar-refractivity contribution in [3.63, 3.8) is 0 Å². The number of likely N-dealkylation sites (N-methyl/N-ethyl adjacent to an activating group) is 1. The molecule has 1 amide bonds. The molecule has 20 heavy (non-hydrogen) atoms. The summed E-state index contributed by atoms with van der Waals surface area (Å²) in [6.07, 6.45) is 0.167. The molecule has 0 spiro atoms. The highest BCUT2D eigenvalue weighted by Gasteiger charge is 2.43. The fraction of sp³-hybridized carbons (Fsp3) is 0.938. The van der Waals surface area contributed by atoms with E-state index in [9.17, 15) is 4.79 Å². The molecule has 1 aliphatic heterocycles. The van der Waals surface area contributed by atoms with E-state index < -0.39 is 0 Å². The average molecular weight is 283 g/mol. The molecule has 0 bridgehead atoms. The van der Waals surface area contributed by atoms with Gasteiger partial charge in [0.15, 0.2) is 0 Å². The Morgan fingerprint density at radius 1 is 1.10 bits per heavy atom. The molecule has 1 fully saturated rings. The van der Waals surface area contributed by atoms with Crippen LogP contribution in [0.25, 0.3) is 0 Å². The van der Waals surface area contributed by atoms with Crippen molar-refractivity contribution in [1.29, 1.82) is 0 Å². The third-order valence-electron chi connectivity index (χ3n) is 4.36. The van der Waals surface area contributed by atoms with Gasteiger partial charge in [-0.1, -0.05) is 41.5 Å². The smallest absolute Gasteiger partial charge is 0.241 e. The second-order valence-corrected chi connectivity index (χ2v) is 6.66. The summed E-state index contributed by atoms with van der Waals surface area (Å²) in [5.41, 5.74) is 0. The van der Waals surface area contributed by atoms with E-state index in [0.717, 1.165) is 19.6 Å². The third kappa shape index (κ3) is 3.73. The number of nitrogens with zero attached hydrogens (tertiary/aromatic N) is 2. The Morgan fingerprint density at radius 2 is 1.65 bits per heavy atom. The van der Waals surface area contributed by atoms with Crippen LogP contribution < -0.4 is 5.32 Å². The number of hydrogen-bond acceptors (Lipinski definition) is 3. The molecule has 1 aliphatic rings. The lowest BCUT2D eigenvalue weighted by atomic mass is 10.0. The Balaban J connectivity index is 2.85.